The lowest BCUT2D eigenvalue weighted by atomic mass is 10.0. The van der Waals surface area contributed by atoms with E-state index in [0.717, 1.165) is 57.2 Å². The first-order valence-corrected chi connectivity index (χ1v) is 12.0. The lowest BCUT2D eigenvalue weighted by molar-refractivity contribution is 0.0787. The fraction of sp³-hybridized carbons (Fsp3) is 0.458. The number of nitrogens with zero attached hydrogens (tertiary/aromatic N) is 3. The van der Waals surface area contributed by atoms with Crippen molar-refractivity contribution in [2.45, 2.75) is 44.2 Å². The Morgan fingerprint density at radius 2 is 2.00 bits per heavy atom. The summed E-state index contributed by atoms with van der Waals surface area (Å²) in [4.78, 5) is 1.85. The Kier molecular flexibility index (Phi) is 6.90. The van der Waals surface area contributed by atoms with Crippen molar-refractivity contribution in [1.82, 2.24) is 9.61 Å². The summed E-state index contributed by atoms with van der Waals surface area (Å²) in [5, 5.41) is 5.62. The normalized spacial score (nSPS) is 15.0. The van der Waals surface area contributed by atoms with Gasteiger partial charge in [-0.25, -0.2) is 13.3 Å². The molecule has 0 bridgehead atoms. The Labute approximate surface area is 191 Å². The molecule has 172 valence electrons. The van der Waals surface area contributed by atoms with Crippen LogP contribution in [-0.4, -0.2) is 55.2 Å². The van der Waals surface area contributed by atoms with Gasteiger partial charge in [-0.3, -0.25) is 0 Å². The zero-order valence-electron chi connectivity index (χ0n) is 18.9. The lowest BCUT2D eigenvalue weighted by Crippen LogP contribution is -2.42. The average molecular weight is 462 g/mol. The molecule has 32 heavy (non-hydrogen) atoms. The van der Waals surface area contributed by atoms with Crippen molar-refractivity contribution in [2.75, 3.05) is 38.0 Å². The standard InChI is InChI=1S/C24H29F2N3O2S/c1-15-12-16(2)22(20(13-15)30-3)18-6-5-7-19-23(24(32-4)27-29(18)19)28(14-21(25)26)17-8-10-31-11-9-17/h5-7,12-13,17,21H,8-11,14H2,1-4H3. The molecule has 0 N–H and O–H groups in total. The summed E-state index contributed by atoms with van der Waals surface area (Å²) in [6, 6.07) is 10.0. The zero-order valence-corrected chi connectivity index (χ0v) is 19.7. The number of pyridine rings is 1. The highest BCUT2D eigenvalue weighted by Crippen LogP contribution is 2.40. The minimum atomic E-state index is -2.44. The summed E-state index contributed by atoms with van der Waals surface area (Å²) >= 11 is 1.48. The summed E-state index contributed by atoms with van der Waals surface area (Å²) in [7, 11) is 1.66. The smallest absolute Gasteiger partial charge is 0.255 e. The van der Waals surface area contributed by atoms with Crippen LogP contribution < -0.4 is 9.64 Å². The topological polar surface area (TPSA) is 39.0 Å². The van der Waals surface area contributed by atoms with Gasteiger partial charge in [0.05, 0.1) is 30.6 Å². The van der Waals surface area contributed by atoms with E-state index in [1.54, 1.807) is 7.11 Å². The van der Waals surface area contributed by atoms with E-state index in [1.165, 1.54) is 11.8 Å². The molecule has 8 heteroatoms. The number of rotatable bonds is 7. The van der Waals surface area contributed by atoms with Gasteiger partial charge in [-0.2, -0.15) is 5.10 Å². The molecule has 1 saturated heterocycles. The molecule has 1 aliphatic heterocycles. The number of ether oxygens (including phenoxy) is 2. The van der Waals surface area contributed by atoms with E-state index < -0.39 is 6.43 Å². The highest BCUT2D eigenvalue weighted by atomic mass is 32.2. The second kappa shape index (κ2) is 9.67. The van der Waals surface area contributed by atoms with E-state index in [-0.39, 0.29) is 12.6 Å². The van der Waals surface area contributed by atoms with Gasteiger partial charge in [0.1, 0.15) is 10.8 Å². The van der Waals surface area contributed by atoms with Gasteiger partial charge in [0.2, 0.25) is 0 Å². The number of halogens is 2. The van der Waals surface area contributed by atoms with Crippen LogP contribution in [0.2, 0.25) is 0 Å². The molecule has 0 radical (unpaired) electrons. The Hall–Kier alpha value is -2.32. The minimum absolute atomic E-state index is 0.00375. The highest BCUT2D eigenvalue weighted by Gasteiger charge is 2.30. The monoisotopic (exact) mass is 461 g/mol. The molecule has 0 atom stereocenters. The molecule has 0 spiro atoms. The van der Waals surface area contributed by atoms with Crippen LogP contribution in [0.15, 0.2) is 35.4 Å². The van der Waals surface area contributed by atoms with E-state index in [9.17, 15) is 8.78 Å². The molecule has 2 aromatic heterocycles. The van der Waals surface area contributed by atoms with Crippen LogP contribution in [0.3, 0.4) is 0 Å². The third kappa shape index (κ3) is 4.30. The molecular formula is C24H29F2N3O2S. The van der Waals surface area contributed by atoms with Crippen LogP contribution >= 0.6 is 11.8 Å². The summed E-state index contributed by atoms with van der Waals surface area (Å²) in [5.41, 5.74) is 5.62. The number of hydrogen-bond donors (Lipinski definition) is 0. The number of anilines is 1. The number of methoxy groups -OCH3 is 1. The molecule has 1 aromatic carbocycles. The van der Waals surface area contributed by atoms with Crippen molar-refractivity contribution in [2.24, 2.45) is 0 Å². The molecular weight excluding hydrogens is 432 g/mol. The Bertz CT molecular complexity index is 1100. The van der Waals surface area contributed by atoms with Crippen LogP contribution in [0.4, 0.5) is 14.5 Å². The number of fused-ring (bicyclic) bond motifs is 1. The molecule has 0 aliphatic carbocycles. The Morgan fingerprint density at radius 3 is 2.66 bits per heavy atom. The van der Waals surface area contributed by atoms with Crippen molar-refractivity contribution in [3.05, 3.63) is 41.5 Å². The SMILES string of the molecule is COc1cc(C)cc(C)c1-c1cccc2c(N(CC(F)F)C3CCOCC3)c(SC)nn12. The molecule has 0 unspecified atom stereocenters. The largest absolute Gasteiger partial charge is 0.496 e. The summed E-state index contributed by atoms with van der Waals surface area (Å²) < 4.78 is 40.4. The molecule has 0 amide bonds. The Morgan fingerprint density at radius 1 is 1.25 bits per heavy atom. The van der Waals surface area contributed by atoms with Crippen molar-refractivity contribution >= 4 is 23.0 Å². The van der Waals surface area contributed by atoms with E-state index in [4.69, 9.17) is 14.6 Å². The quantitative estimate of drug-likeness (QED) is 0.428. The van der Waals surface area contributed by atoms with Gasteiger partial charge in [-0.15, -0.1) is 11.8 Å². The van der Waals surface area contributed by atoms with Gasteiger partial charge in [0.25, 0.3) is 6.43 Å². The second-order valence-electron chi connectivity index (χ2n) is 8.11. The lowest BCUT2D eigenvalue weighted by Gasteiger charge is -2.35. The van der Waals surface area contributed by atoms with Crippen molar-refractivity contribution < 1.29 is 18.3 Å². The number of aryl methyl sites for hydroxylation is 2. The molecule has 1 aliphatic rings. The fourth-order valence-corrected chi connectivity index (χ4v) is 5.20. The van der Waals surface area contributed by atoms with Crippen molar-refractivity contribution in [3.8, 4) is 17.0 Å². The van der Waals surface area contributed by atoms with E-state index in [1.807, 2.05) is 46.9 Å². The molecule has 4 rings (SSSR count). The van der Waals surface area contributed by atoms with Gasteiger partial charge in [0.15, 0.2) is 0 Å². The van der Waals surface area contributed by atoms with E-state index >= 15 is 0 Å². The molecule has 0 saturated carbocycles. The Balaban J connectivity index is 1.93. The third-order valence-electron chi connectivity index (χ3n) is 5.97. The fourth-order valence-electron chi connectivity index (χ4n) is 4.62. The molecule has 3 heterocycles. The maximum Gasteiger partial charge on any atom is 0.255 e. The first kappa shape index (κ1) is 22.9. The van der Waals surface area contributed by atoms with Crippen molar-refractivity contribution in [1.29, 1.82) is 0 Å². The van der Waals surface area contributed by atoms with Gasteiger partial charge >= 0.3 is 0 Å². The van der Waals surface area contributed by atoms with Crippen LogP contribution in [0.1, 0.15) is 24.0 Å². The maximum absolute atomic E-state index is 13.7. The first-order valence-electron chi connectivity index (χ1n) is 10.8. The van der Waals surface area contributed by atoms with Crippen LogP contribution in [-0.2, 0) is 4.74 Å². The number of benzene rings is 1. The van der Waals surface area contributed by atoms with Crippen molar-refractivity contribution in [3.63, 3.8) is 0 Å². The second-order valence-corrected chi connectivity index (χ2v) is 8.91. The first-order chi connectivity index (χ1) is 15.4. The van der Waals surface area contributed by atoms with Crippen LogP contribution in [0, 0.1) is 13.8 Å². The zero-order chi connectivity index (χ0) is 22.8. The maximum atomic E-state index is 13.7. The number of thioether (sulfide) groups is 1. The summed E-state index contributed by atoms with van der Waals surface area (Å²) in [5.74, 6) is 0.770. The van der Waals surface area contributed by atoms with Gasteiger partial charge in [-0.05, 0) is 62.3 Å². The van der Waals surface area contributed by atoms with Crippen LogP contribution in [0.5, 0.6) is 5.75 Å². The van der Waals surface area contributed by atoms with Gasteiger partial charge in [0, 0.05) is 24.8 Å². The predicted octanol–water partition coefficient (Wildman–Crippen LogP) is 5.60. The predicted molar refractivity (Wildman–Crippen MR) is 126 cm³/mol. The van der Waals surface area contributed by atoms with E-state index in [2.05, 4.69) is 13.0 Å². The van der Waals surface area contributed by atoms with Gasteiger partial charge < -0.3 is 14.4 Å². The number of alkyl halides is 2. The summed E-state index contributed by atoms with van der Waals surface area (Å²) in [6.45, 7) is 4.94. The molecule has 3 aromatic rings. The highest BCUT2D eigenvalue weighted by molar-refractivity contribution is 7.98. The molecule has 1 fully saturated rings. The van der Waals surface area contributed by atoms with Crippen LogP contribution in [0.25, 0.3) is 16.8 Å². The average Bonchev–Trinajstić information content (AvgIpc) is 3.16. The minimum Gasteiger partial charge on any atom is -0.496 e. The van der Waals surface area contributed by atoms with Gasteiger partial charge in [-0.1, -0.05) is 12.1 Å². The molecule has 5 nitrogen and oxygen atoms in total. The number of aromatic nitrogens is 2. The third-order valence-corrected chi connectivity index (χ3v) is 6.63. The summed E-state index contributed by atoms with van der Waals surface area (Å²) in [6.07, 6.45) is 0.947. The number of hydrogen-bond acceptors (Lipinski definition) is 5. The van der Waals surface area contributed by atoms with E-state index in [0.29, 0.717) is 13.2 Å².